The lowest BCUT2D eigenvalue weighted by Crippen LogP contribution is -2.39. The number of ketones is 2. The normalized spacial score (nSPS) is 14.1. The summed E-state index contributed by atoms with van der Waals surface area (Å²) in [5.74, 6) is -6.62. The van der Waals surface area contributed by atoms with Crippen molar-refractivity contribution in [1.82, 2.24) is 9.80 Å². The minimum atomic E-state index is -1.31. The molecule has 0 heterocycles. The van der Waals surface area contributed by atoms with Crippen LogP contribution in [0.4, 0.5) is 0 Å². The third-order valence-corrected chi connectivity index (χ3v) is 3.47. The molecule has 12 heteroatoms. The molecule has 0 radical (unpaired) electrons. The SMILES string of the molecule is O=C(O)CN(CC(=O)O)CC1=CC(=O)C(CN(CC(=O)O)CC(=O)O)=CC1=O. The Morgan fingerprint density at radius 3 is 1.07 bits per heavy atom. The number of carbonyl (C=O) groups is 6. The quantitative estimate of drug-likeness (QED) is 0.263. The zero-order chi connectivity index (χ0) is 21.4. The fourth-order valence-electron chi connectivity index (χ4n) is 2.47. The van der Waals surface area contributed by atoms with Crippen LogP contribution in [0.5, 0.6) is 0 Å². The molecule has 0 unspecified atom stereocenters. The molecule has 0 spiro atoms. The first-order valence-electron chi connectivity index (χ1n) is 7.79. The number of hydrogen-bond donors (Lipinski definition) is 4. The van der Waals surface area contributed by atoms with Crippen LogP contribution in [-0.2, 0) is 28.8 Å². The second-order valence-electron chi connectivity index (χ2n) is 5.93. The van der Waals surface area contributed by atoms with Gasteiger partial charge in [0.25, 0.3) is 0 Å². The zero-order valence-corrected chi connectivity index (χ0v) is 14.5. The van der Waals surface area contributed by atoms with Crippen molar-refractivity contribution in [1.29, 1.82) is 0 Å². The number of hydrogen-bond acceptors (Lipinski definition) is 8. The van der Waals surface area contributed by atoms with Gasteiger partial charge in [-0.1, -0.05) is 0 Å². The monoisotopic (exact) mass is 398 g/mol. The Bertz CT molecular complexity index is 671. The fraction of sp³-hybridized carbons (Fsp3) is 0.375. The van der Waals surface area contributed by atoms with Crippen molar-refractivity contribution >= 4 is 35.4 Å². The molecule has 4 N–H and O–H groups in total. The van der Waals surface area contributed by atoms with Gasteiger partial charge >= 0.3 is 23.9 Å². The van der Waals surface area contributed by atoms with E-state index in [1.54, 1.807) is 0 Å². The van der Waals surface area contributed by atoms with Crippen LogP contribution < -0.4 is 0 Å². The van der Waals surface area contributed by atoms with Crippen molar-refractivity contribution in [3.05, 3.63) is 23.3 Å². The van der Waals surface area contributed by atoms with Gasteiger partial charge < -0.3 is 20.4 Å². The van der Waals surface area contributed by atoms with E-state index in [-0.39, 0.29) is 24.2 Å². The molecule has 0 saturated carbocycles. The van der Waals surface area contributed by atoms with E-state index in [4.69, 9.17) is 20.4 Å². The summed E-state index contributed by atoms with van der Waals surface area (Å²) in [6, 6.07) is 0. The number of nitrogens with zero attached hydrogens (tertiary/aromatic N) is 2. The summed E-state index contributed by atoms with van der Waals surface area (Å²) in [5.41, 5.74) is -0.251. The Labute approximate surface area is 157 Å². The van der Waals surface area contributed by atoms with Gasteiger partial charge in [0.1, 0.15) is 0 Å². The number of allylic oxidation sites excluding steroid dienone is 2. The standard InChI is InChI=1S/C16H18N2O10/c19-11-1-9(3-17(5-13(21)22)6-14(23)24)12(20)2-10(11)4-18(7-15(25)26)8-16(27)28/h1-2H,3-8H2,(H,21,22)(H,23,24)(H,25,26)(H,27,28). The number of aliphatic carboxylic acids is 4. The molecular formula is C16H18N2O10. The van der Waals surface area contributed by atoms with E-state index >= 15 is 0 Å². The number of carboxylic acid groups (broad SMARTS) is 4. The molecule has 1 aliphatic carbocycles. The Morgan fingerprint density at radius 1 is 0.607 bits per heavy atom. The minimum Gasteiger partial charge on any atom is -0.480 e. The average molecular weight is 398 g/mol. The fourth-order valence-corrected chi connectivity index (χ4v) is 2.47. The van der Waals surface area contributed by atoms with E-state index in [1.165, 1.54) is 0 Å². The second kappa shape index (κ2) is 10.1. The highest BCUT2D eigenvalue weighted by Crippen LogP contribution is 2.15. The van der Waals surface area contributed by atoms with Crippen LogP contribution in [-0.4, -0.2) is 105 Å². The zero-order valence-electron chi connectivity index (χ0n) is 14.5. The molecule has 0 bridgehead atoms. The summed E-state index contributed by atoms with van der Waals surface area (Å²) in [7, 11) is 0. The third-order valence-electron chi connectivity index (χ3n) is 3.47. The summed E-state index contributed by atoms with van der Waals surface area (Å²) in [6.45, 7) is -3.42. The maximum atomic E-state index is 12.2. The van der Waals surface area contributed by atoms with Gasteiger partial charge in [0, 0.05) is 24.2 Å². The predicted molar refractivity (Wildman–Crippen MR) is 89.6 cm³/mol. The first-order valence-corrected chi connectivity index (χ1v) is 7.79. The Morgan fingerprint density at radius 2 is 0.857 bits per heavy atom. The average Bonchev–Trinajstić information content (AvgIpc) is 2.49. The Balaban J connectivity index is 2.91. The molecule has 152 valence electrons. The molecule has 1 rings (SSSR count). The van der Waals surface area contributed by atoms with Gasteiger partial charge in [0.2, 0.25) is 0 Å². The molecule has 1 aliphatic rings. The maximum Gasteiger partial charge on any atom is 0.317 e. The first kappa shape index (κ1) is 22.7. The summed E-state index contributed by atoms with van der Waals surface area (Å²) >= 11 is 0. The first-order chi connectivity index (χ1) is 13.0. The van der Waals surface area contributed by atoms with E-state index in [0.717, 1.165) is 22.0 Å². The number of rotatable bonds is 12. The topological polar surface area (TPSA) is 190 Å². The van der Waals surface area contributed by atoms with Crippen LogP contribution in [0, 0.1) is 0 Å². The molecule has 28 heavy (non-hydrogen) atoms. The van der Waals surface area contributed by atoms with Crippen molar-refractivity contribution in [2.75, 3.05) is 39.3 Å². The molecule has 0 amide bonds. The molecule has 0 aliphatic heterocycles. The van der Waals surface area contributed by atoms with Gasteiger partial charge in [-0.05, 0) is 12.2 Å². The highest BCUT2D eigenvalue weighted by molar-refractivity contribution is 6.20. The summed E-state index contributed by atoms with van der Waals surface area (Å²) in [6.07, 6.45) is 1.82. The number of carboxylic acids is 4. The van der Waals surface area contributed by atoms with Gasteiger partial charge in [-0.2, -0.15) is 0 Å². The van der Waals surface area contributed by atoms with Crippen LogP contribution >= 0.6 is 0 Å². The van der Waals surface area contributed by atoms with E-state index < -0.39 is 61.6 Å². The molecule has 12 nitrogen and oxygen atoms in total. The molecule has 0 aromatic heterocycles. The van der Waals surface area contributed by atoms with E-state index in [2.05, 4.69) is 0 Å². The molecule has 0 fully saturated rings. The number of carbonyl (C=O) groups excluding carboxylic acids is 2. The van der Waals surface area contributed by atoms with Crippen molar-refractivity contribution in [3.63, 3.8) is 0 Å². The van der Waals surface area contributed by atoms with Crippen LogP contribution in [0.2, 0.25) is 0 Å². The van der Waals surface area contributed by atoms with Gasteiger partial charge in [-0.25, -0.2) is 0 Å². The Kier molecular flexibility index (Phi) is 8.16. The minimum absolute atomic E-state index is 0.126. The van der Waals surface area contributed by atoms with Crippen molar-refractivity contribution < 1.29 is 49.2 Å². The van der Waals surface area contributed by atoms with E-state index in [0.29, 0.717) is 0 Å². The maximum absolute atomic E-state index is 12.2. The lowest BCUT2D eigenvalue weighted by atomic mass is 9.96. The summed E-state index contributed by atoms with van der Waals surface area (Å²) in [5, 5.41) is 35.2. The van der Waals surface area contributed by atoms with Crippen LogP contribution in [0.1, 0.15) is 0 Å². The van der Waals surface area contributed by atoms with Gasteiger partial charge in [-0.3, -0.25) is 38.6 Å². The lowest BCUT2D eigenvalue weighted by molar-refractivity contribution is -0.143. The summed E-state index contributed by atoms with van der Waals surface area (Å²) in [4.78, 5) is 69.6. The largest absolute Gasteiger partial charge is 0.480 e. The predicted octanol–water partition coefficient (Wildman–Crippen LogP) is -2.07. The van der Waals surface area contributed by atoms with E-state index in [9.17, 15) is 28.8 Å². The third kappa shape index (κ3) is 7.88. The molecule has 0 aromatic rings. The molecular weight excluding hydrogens is 380 g/mol. The van der Waals surface area contributed by atoms with E-state index in [1.807, 2.05) is 0 Å². The molecule has 0 saturated heterocycles. The van der Waals surface area contributed by atoms with Gasteiger partial charge in [-0.15, -0.1) is 0 Å². The Hall–Kier alpha value is -3.38. The lowest BCUT2D eigenvalue weighted by Gasteiger charge is -2.22. The van der Waals surface area contributed by atoms with Crippen LogP contribution in [0.15, 0.2) is 23.3 Å². The van der Waals surface area contributed by atoms with Crippen LogP contribution in [0.3, 0.4) is 0 Å². The smallest absolute Gasteiger partial charge is 0.317 e. The van der Waals surface area contributed by atoms with Crippen molar-refractivity contribution in [3.8, 4) is 0 Å². The van der Waals surface area contributed by atoms with Crippen molar-refractivity contribution in [2.24, 2.45) is 0 Å². The van der Waals surface area contributed by atoms with Crippen molar-refractivity contribution in [2.45, 2.75) is 0 Å². The van der Waals surface area contributed by atoms with Gasteiger partial charge in [0.05, 0.1) is 26.2 Å². The summed E-state index contributed by atoms with van der Waals surface area (Å²) < 4.78 is 0. The second-order valence-corrected chi connectivity index (χ2v) is 5.93. The van der Waals surface area contributed by atoms with Gasteiger partial charge in [0.15, 0.2) is 11.6 Å². The molecule has 0 aromatic carbocycles. The highest BCUT2D eigenvalue weighted by Gasteiger charge is 2.26. The van der Waals surface area contributed by atoms with Crippen LogP contribution in [0.25, 0.3) is 0 Å². The highest BCUT2D eigenvalue weighted by atomic mass is 16.4. The molecule has 0 atom stereocenters.